The number of benzene rings is 1. The van der Waals surface area contributed by atoms with Crippen LogP contribution < -0.4 is 10.6 Å². The van der Waals surface area contributed by atoms with Crippen molar-refractivity contribution in [1.82, 2.24) is 15.5 Å². The number of nitrogens with one attached hydrogen (secondary N) is 3. The van der Waals surface area contributed by atoms with Crippen LogP contribution in [0, 0.1) is 5.41 Å². The number of hydrogen-bond acceptors (Lipinski definition) is 5. The van der Waals surface area contributed by atoms with E-state index in [2.05, 4.69) is 16.7 Å². The number of likely N-dealkylation sites (tertiary alicyclic amines) is 1. The van der Waals surface area contributed by atoms with E-state index in [0.717, 1.165) is 24.0 Å². The second-order valence-corrected chi connectivity index (χ2v) is 7.60. The molecule has 1 fully saturated rings. The zero-order valence-electron chi connectivity index (χ0n) is 17.1. The highest BCUT2D eigenvalue weighted by Crippen LogP contribution is 2.21. The van der Waals surface area contributed by atoms with Gasteiger partial charge in [0.2, 0.25) is 11.8 Å². The third kappa shape index (κ3) is 5.59. The van der Waals surface area contributed by atoms with Crippen LogP contribution in [0.3, 0.4) is 0 Å². The summed E-state index contributed by atoms with van der Waals surface area (Å²) in [6, 6.07) is 7.56. The van der Waals surface area contributed by atoms with Crippen molar-refractivity contribution >= 4 is 23.1 Å². The molecule has 3 rings (SSSR count). The van der Waals surface area contributed by atoms with Crippen LogP contribution in [0.25, 0.3) is 5.57 Å². The van der Waals surface area contributed by atoms with E-state index in [9.17, 15) is 14.7 Å². The van der Waals surface area contributed by atoms with Gasteiger partial charge in [-0.1, -0.05) is 30.3 Å². The topological polar surface area (TPSA) is 106 Å². The van der Waals surface area contributed by atoms with Crippen molar-refractivity contribution in [2.45, 2.75) is 45.2 Å². The third-order valence-electron chi connectivity index (χ3n) is 5.19. The molecule has 1 aromatic carbocycles. The minimum atomic E-state index is -0.518. The molecule has 0 spiro atoms. The molecule has 0 unspecified atom stereocenters. The zero-order chi connectivity index (χ0) is 21.5. The molecule has 7 nitrogen and oxygen atoms in total. The highest BCUT2D eigenvalue weighted by Gasteiger charge is 2.34. The normalized spacial score (nSPS) is 18.6. The molecule has 7 heteroatoms. The average molecular weight is 409 g/mol. The molecule has 4 N–H and O–H groups in total. The molecule has 0 radical (unpaired) electrons. The van der Waals surface area contributed by atoms with Gasteiger partial charge in [0, 0.05) is 25.0 Å². The number of rotatable bonds is 7. The number of carbonyl (C=O) groups excluding carboxylic acids is 2. The Kier molecular flexibility index (Phi) is 7.06. The monoisotopic (exact) mass is 408 g/mol. The molecule has 1 aromatic rings. The van der Waals surface area contributed by atoms with Gasteiger partial charge >= 0.3 is 0 Å². The average Bonchev–Trinajstić information content (AvgIpc) is 3.22. The Morgan fingerprint density at radius 3 is 2.77 bits per heavy atom. The number of nitrogens with zero attached hydrogens (tertiary/aromatic N) is 1. The lowest BCUT2D eigenvalue weighted by Gasteiger charge is -2.24. The van der Waals surface area contributed by atoms with Gasteiger partial charge in [-0.3, -0.25) is 9.59 Å². The third-order valence-corrected chi connectivity index (χ3v) is 5.19. The van der Waals surface area contributed by atoms with Crippen molar-refractivity contribution in [3.8, 4) is 0 Å². The smallest absolute Gasteiger partial charge is 0.243 e. The minimum absolute atomic E-state index is 0.155. The van der Waals surface area contributed by atoms with Crippen molar-refractivity contribution in [3.63, 3.8) is 0 Å². The second-order valence-electron chi connectivity index (χ2n) is 7.60. The standard InChI is InChI=1S/C23H28N4O3/c1-16(24)12-20(28)13-22(29)27-11-3-5-21(27)23(30)26-14-17-6-8-18(9-7-17)19-4-2-10-25-15-19/h2,6-10,12,15,21,24-25,28H,3-5,11,13-14H2,1H3,(H,26,30)/b20-12-,24-16?/t21-/m0/s1. The first-order valence-corrected chi connectivity index (χ1v) is 10.2. The molecule has 0 aromatic heterocycles. The van der Waals surface area contributed by atoms with Crippen LogP contribution in [0.15, 0.2) is 54.6 Å². The summed E-state index contributed by atoms with van der Waals surface area (Å²) in [6.45, 7) is 2.42. The SMILES string of the molecule is CC(=N)/C=C(\O)CC(=O)N1CCC[C@H]1C(=O)NCc1ccc(C2=CNC=CC2)cc1. The van der Waals surface area contributed by atoms with Crippen LogP contribution in [-0.2, 0) is 16.1 Å². The molecule has 2 heterocycles. The van der Waals surface area contributed by atoms with Crippen LogP contribution in [0.4, 0.5) is 0 Å². The van der Waals surface area contributed by atoms with Gasteiger partial charge in [-0.25, -0.2) is 0 Å². The maximum absolute atomic E-state index is 12.7. The maximum Gasteiger partial charge on any atom is 0.243 e. The highest BCUT2D eigenvalue weighted by atomic mass is 16.3. The van der Waals surface area contributed by atoms with Crippen molar-refractivity contribution < 1.29 is 14.7 Å². The van der Waals surface area contributed by atoms with Crippen LogP contribution in [0.1, 0.15) is 43.7 Å². The van der Waals surface area contributed by atoms with E-state index < -0.39 is 6.04 Å². The highest BCUT2D eigenvalue weighted by molar-refractivity contribution is 5.92. The number of aliphatic hydroxyl groups is 1. The van der Waals surface area contributed by atoms with Gasteiger partial charge in [0.05, 0.1) is 6.42 Å². The first-order valence-electron chi connectivity index (χ1n) is 10.2. The Hall–Kier alpha value is -3.35. The Morgan fingerprint density at radius 1 is 1.33 bits per heavy atom. The predicted molar refractivity (Wildman–Crippen MR) is 117 cm³/mol. The molecule has 0 aliphatic carbocycles. The van der Waals surface area contributed by atoms with Gasteiger partial charge in [0.15, 0.2) is 0 Å². The number of carbonyl (C=O) groups is 2. The number of dihydropyridines is 1. The summed E-state index contributed by atoms with van der Waals surface area (Å²) in [6.07, 6.45) is 9.28. The Balaban J connectivity index is 1.54. The van der Waals surface area contributed by atoms with Crippen LogP contribution in [0.2, 0.25) is 0 Å². The van der Waals surface area contributed by atoms with Gasteiger partial charge in [0.25, 0.3) is 0 Å². The molecule has 2 amide bonds. The lowest BCUT2D eigenvalue weighted by atomic mass is 10.0. The Bertz CT molecular complexity index is 900. The van der Waals surface area contributed by atoms with Gasteiger partial charge < -0.3 is 26.0 Å². The number of allylic oxidation sites excluding steroid dienone is 3. The zero-order valence-corrected chi connectivity index (χ0v) is 17.1. The molecule has 30 heavy (non-hydrogen) atoms. The molecule has 1 atom stereocenters. The predicted octanol–water partition coefficient (Wildman–Crippen LogP) is 3.01. The van der Waals surface area contributed by atoms with Crippen LogP contribution in [-0.4, -0.2) is 40.1 Å². The van der Waals surface area contributed by atoms with Crippen LogP contribution >= 0.6 is 0 Å². The van der Waals surface area contributed by atoms with Gasteiger partial charge in [-0.05, 0) is 55.2 Å². The van der Waals surface area contributed by atoms with E-state index >= 15 is 0 Å². The first kappa shape index (κ1) is 21.4. The molecule has 0 bridgehead atoms. The number of amides is 2. The summed E-state index contributed by atoms with van der Waals surface area (Å²) in [5.74, 6) is -0.631. The van der Waals surface area contributed by atoms with Crippen molar-refractivity contribution in [2.75, 3.05) is 6.54 Å². The van der Waals surface area contributed by atoms with E-state index in [0.29, 0.717) is 19.5 Å². The van der Waals surface area contributed by atoms with Gasteiger partial charge in [-0.15, -0.1) is 0 Å². The number of hydrogen-bond donors (Lipinski definition) is 4. The van der Waals surface area contributed by atoms with Crippen molar-refractivity contribution in [2.24, 2.45) is 0 Å². The van der Waals surface area contributed by atoms with Crippen LogP contribution in [0.5, 0.6) is 0 Å². The molecular weight excluding hydrogens is 380 g/mol. The minimum Gasteiger partial charge on any atom is -0.512 e. The Morgan fingerprint density at radius 2 is 2.10 bits per heavy atom. The quantitative estimate of drug-likeness (QED) is 0.411. The lowest BCUT2D eigenvalue weighted by molar-refractivity contribution is -0.138. The first-order chi connectivity index (χ1) is 14.4. The molecule has 1 saturated heterocycles. The fourth-order valence-electron chi connectivity index (χ4n) is 3.70. The fraction of sp³-hybridized carbons (Fsp3) is 0.348. The van der Waals surface area contributed by atoms with Gasteiger partial charge in [-0.2, -0.15) is 0 Å². The maximum atomic E-state index is 12.7. The summed E-state index contributed by atoms with van der Waals surface area (Å²) < 4.78 is 0. The summed E-state index contributed by atoms with van der Waals surface area (Å²) in [5.41, 5.74) is 3.52. The summed E-state index contributed by atoms with van der Waals surface area (Å²) in [7, 11) is 0. The van der Waals surface area contributed by atoms with E-state index in [1.54, 1.807) is 0 Å². The Labute approximate surface area is 176 Å². The largest absolute Gasteiger partial charge is 0.512 e. The van der Waals surface area contributed by atoms with E-state index in [4.69, 9.17) is 5.41 Å². The fourth-order valence-corrected chi connectivity index (χ4v) is 3.70. The molecular formula is C23H28N4O3. The van der Waals surface area contributed by atoms with E-state index in [-0.39, 0.29) is 29.7 Å². The molecule has 158 valence electrons. The summed E-state index contributed by atoms with van der Waals surface area (Å²) in [5, 5.41) is 23.2. The van der Waals surface area contributed by atoms with Crippen molar-refractivity contribution in [1.29, 1.82) is 5.41 Å². The molecule has 2 aliphatic heterocycles. The lowest BCUT2D eigenvalue weighted by Crippen LogP contribution is -2.45. The molecule has 0 saturated carbocycles. The summed E-state index contributed by atoms with van der Waals surface area (Å²) >= 11 is 0. The second kappa shape index (κ2) is 9.91. The summed E-state index contributed by atoms with van der Waals surface area (Å²) in [4.78, 5) is 26.7. The molecule has 2 aliphatic rings. The number of aliphatic hydroxyl groups excluding tert-OH is 1. The van der Waals surface area contributed by atoms with Gasteiger partial charge in [0.1, 0.15) is 11.8 Å². The van der Waals surface area contributed by atoms with E-state index in [1.165, 1.54) is 23.5 Å². The van der Waals surface area contributed by atoms with Crippen molar-refractivity contribution in [3.05, 3.63) is 65.7 Å². The van der Waals surface area contributed by atoms with E-state index in [1.807, 2.05) is 36.7 Å².